The zero-order chi connectivity index (χ0) is 11.3. The molecule has 3 rings (SSSR count). The van der Waals surface area contributed by atoms with Crippen LogP contribution in [-0.2, 0) is 30.9 Å². The molecule has 2 unspecified atom stereocenters. The maximum absolute atomic E-state index is 11.6. The van der Waals surface area contributed by atoms with Gasteiger partial charge in [0.2, 0.25) is 0 Å². The molecule has 77 valence electrons. The van der Waals surface area contributed by atoms with Crippen molar-refractivity contribution in [2.45, 2.75) is 10.4 Å². The number of carbonyl (C=O) groups is 1. The van der Waals surface area contributed by atoms with E-state index >= 15 is 0 Å². The molecule has 0 bridgehead atoms. The third-order valence-corrected chi connectivity index (χ3v) is 7.63. The number of esters is 1. The Morgan fingerprint density at radius 1 is 1.38 bits per heavy atom. The number of ether oxygens (including phenoxy) is 1. The summed E-state index contributed by atoms with van der Waals surface area (Å²) in [6.45, 7) is 1.95. The van der Waals surface area contributed by atoms with Gasteiger partial charge in [-0.3, -0.25) is 0 Å². The van der Waals surface area contributed by atoms with Gasteiger partial charge in [0.25, 0.3) is 0 Å². The molecule has 0 fully saturated rings. The fourth-order valence-electron chi connectivity index (χ4n) is 2.02. The fraction of sp³-hybridized carbons (Fsp3) is 0.250. The second-order valence-electron chi connectivity index (χ2n) is 4.16. The quantitative estimate of drug-likeness (QED) is 0.387. The number of rotatable bonds is 0. The molecule has 2 atom stereocenters. The molecular formula is C12H9HgO3. The van der Waals surface area contributed by atoms with Crippen molar-refractivity contribution in [3.8, 4) is 5.75 Å². The minimum atomic E-state index is -0.113. The van der Waals surface area contributed by atoms with Crippen LogP contribution in [0.3, 0.4) is 0 Å². The first-order valence-electron chi connectivity index (χ1n) is 5.23. The van der Waals surface area contributed by atoms with Gasteiger partial charge in [-0.1, -0.05) is 0 Å². The molecule has 0 spiro atoms. The van der Waals surface area contributed by atoms with Crippen molar-refractivity contribution in [2.75, 3.05) is 0 Å². The van der Waals surface area contributed by atoms with Crippen LogP contribution < -0.4 is 4.74 Å². The summed E-state index contributed by atoms with van der Waals surface area (Å²) in [5.74, 6) is 0.573. The molecule has 2 aromatic rings. The van der Waals surface area contributed by atoms with Crippen LogP contribution in [0.2, 0.25) is 0 Å². The molecule has 1 aliphatic rings. The summed E-state index contributed by atoms with van der Waals surface area (Å²) in [6, 6.07) is 5.86. The van der Waals surface area contributed by atoms with E-state index in [0.717, 1.165) is 11.0 Å². The summed E-state index contributed by atoms with van der Waals surface area (Å²) in [6.07, 6.45) is 1.66. The number of carbonyl (C=O) groups excluding carboxylic acids is 1. The normalized spacial score (nSPS) is 24.3. The van der Waals surface area contributed by atoms with E-state index in [1.165, 1.54) is 5.56 Å². The molecule has 0 saturated carbocycles. The number of furan rings is 1. The van der Waals surface area contributed by atoms with Crippen molar-refractivity contribution in [1.29, 1.82) is 0 Å². The van der Waals surface area contributed by atoms with Crippen molar-refractivity contribution in [1.82, 2.24) is 0 Å². The van der Waals surface area contributed by atoms with Crippen molar-refractivity contribution < 1.29 is 40.1 Å². The van der Waals surface area contributed by atoms with Gasteiger partial charge in [0, 0.05) is 0 Å². The van der Waals surface area contributed by atoms with Crippen molar-refractivity contribution >= 4 is 16.9 Å². The molecule has 0 aliphatic carbocycles. The van der Waals surface area contributed by atoms with Gasteiger partial charge in [0.05, 0.1) is 0 Å². The van der Waals surface area contributed by atoms with Crippen molar-refractivity contribution in [3.63, 3.8) is 0 Å². The Kier molecular flexibility index (Phi) is 2.31. The van der Waals surface area contributed by atoms with E-state index in [4.69, 9.17) is 9.15 Å². The van der Waals surface area contributed by atoms with E-state index in [0.29, 0.717) is 35.3 Å². The molecule has 2 heterocycles. The average Bonchev–Trinajstić information content (AvgIpc) is 2.71. The van der Waals surface area contributed by atoms with Crippen LogP contribution in [-0.4, -0.2) is 5.97 Å². The summed E-state index contributed by atoms with van der Waals surface area (Å²) in [7, 11) is 0. The zero-order valence-electron chi connectivity index (χ0n) is 8.90. The average molecular weight is 402 g/mol. The summed E-state index contributed by atoms with van der Waals surface area (Å²) >= 11 is 0.513. The van der Waals surface area contributed by atoms with E-state index in [2.05, 4.69) is 6.07 Å². The van der Waals surface area contributed by atoms with Gasteiger partial charge in [-0.25, -0.2) is 0 Å². The van der Waals surface area contributed by atoms with Gasteiger partial charge in [-0.05, 0) is 0 Å². The second-order valence-corrected chi connectivity index (χ2v) is 7.58. The number of hydrogen-bond acceptors (Lipinski definition) is 3. The Morgan fingerprint density at radius 2 is 2.19 bits per heavy atom. The van der Waals surface area contributed by atoms with Gasteiger partial charge in [0.1, 0.15) is 0 Å². The number of hydrogen-bond donors (Lipinski definition) is 0. The third kappa shape index (κ3) is 1.41. The second kappa shape index (κ2) is 3.59. The maximum atomic E-state index is 11.6. The van der Waals surface area contributed by atoms with Gasteiger partial charge in [-0.15, -0.1) is 0 Å². The first kappa shape index (κ1) is 10.3. The van der Waals surface area contributed by atoms with Crippen LogP contribution in [0.25, 0.3) is 11.0 Å². The molecule has 1 aliphatic heterocycles. The van der Waals surface area contributed by atoms with E-state index in [1.54, 1.807) is 6.26 Å². The third-order valence-electron chi connectivity index (χ3n) is 3.17. The van der Waals surface area contributed by atoms with Gasteiger partial charge >= 0.3 is 109 Å². The van der Waals surface area contributed by atoms with E-state index in [-0.39, 0.29) is 11.9 Å². The van der Waals surface area contributed by atoms with E-state index in [1.807, 2.05) is 19.1 Å². The predicted molar refractivity (Wildman–Crippen MR) is 53.8 cm³/mol. The van der Waals surface area contributed by atoms with Crippen LogP contribution in [0.5, 0.6) is 5.75 Å². The number of fused-ring (bicyclic) bond motifs is 2. The molecule has 3 nitrogen and oxygen atoms in total. The molecule has 1 aromatic carbocycles. The van der Waals surface area contributed by atoms with Gasteiger partial charge in [-0.2, -0.15) is 0 Å². The summed E-state index contributed by atoms with van der Waals surface area (Å²) in [5.41, 5.74) is 1.95. The summed E-state index contributed by atoms with van der Waals surface area (Å²) < 4.78 is 11.0. The predicted octanol–water partition coefficient (Wildman–Crippen LogP) is 2.58. The Hall–Kier alpha value is -0.835. The van der Waals surface area contributed by atoms with Gasteiger partial charge < -0.3 is 0 Å². The zero-order valence-corrected chi connectivity index (χ0v) is 14.4. The first-order chi connectivity index (χ1) is 7.66. The molecule has 0 amide bonds. The number of benzene rings is 1. The molecule has 4 heteroatoms. The monoisotopic (exact) mass is 403 g/mol. The minimum absolute atomic E-state index is 0.000171. The molecule has 1 aromatic heterocycles. The van der Waals surface area contributed by atoms with Crippen LogP contribution in [0.4, 0.5) is 0 Å². The topological polar surface area (TPSA) is 39.4 Å². The summed E-state index contributed by atoms with van der Waals surface area (Å²) in [4.78, 5) is 11.6. The molecule has 16 heavy (non-hydrogen) atoms. The molecule has 0 saturated heterocycles. The first-order valence-corrected chi connectivity index (χ1v) is 8.40. The molecule has 0 N–H and O–H groups in total. The van der Waals surface area contributed by atoms with E-state index < -0.39 is 0 Å². The molecule has 0 radical (unpaired) electrons. The standard InChI is InChI=1S/C12H9O3.Hg/c1-7-4-9-5-8-2-3-14-10(8)6-11(9)15-12(7)13;/h2-7H,1H3;. The van der Waals surface area contributed by atoms with E-state index in [9.17, 15) is 4.79 Å². The Balaban J connectivity index is 2.24. The van der Waals surface area contributed by atoms with Crippen LogP contribution >= 0.6 is 0 Å². The van der Waals surface area contributed by atoms with Crippen LogP contribution in [0, 0.1) is 5.92 Å². The van der Waals surface area contributed by atoms with Crippen LogP contribution in [0.1, 0.15) is 15.9 Å². The van der Waals surface area contributed by atoms with Crippen molar-refractivity contribution in [2.24, 2.45) is 5.92 Å². The van der Waals surface area contributed by atoms with Gasteiger partial charge in [0.15, 0.2) is 0 Å². The molecular weight excluding hydrogens is 393 g/mol. The van der Waals surface area contributed by atoms with Crippen molar-refractivity contribution in [3.05, 3.63) is 30.0 Å². The SMILES string of the molecule is CC1C(=O)Oc2cc3occc3cc2[CH]1[Hg]. The van der Waals surface area contributed by atoms with Crippen LogP contribution in [0.15, 0.2) is 28.9 Å². The Morgan fingerprint density at radius 3 is 3.00 bits per heavy atom. The summed E-state index contributed by atoms with van der Waals surface area (Å²) in [5, 5.41) is 1.08. The Labute approximate surface area is 109 Å². The Bertz CT molecular complexity index is 573. The fourth-order valence-corrected chi connectivity index (χ4v) is 4.01.